The molecule has 1 rings (SSSR count). The van der Waals surface area contributed by atoms with Crippen molar-refractivity contribution in [1.29, 1.82) is 0 Å². The summed E-state index contributed by atoms with van der Waals surface area (Å²) in [5.41, 5.74) is 0. The van der Waals surface area contributed by atoms with E-state index in [0.29, 0.717) is 0 Å². The van der Waals surface area contributed by atoms with Crippen LogP contribution in [-0.4, -0.2) is 43.3 Å². The molecule has 2 nitrogen and oxygen atoms in total. The Balaban J connectivity index is 2.38. The van der Waals surface area contributed by atoms with E-state index in [9.17, 15) is 13.2 Å². The van der Waals surface area contributed by atoms with Crippen LogP contribution in [0.5, 0.6) is 0 Å². The molecule has 0 amide bonds. The van der Waals surface area contributed by atoms with Crippen LogP contribution in [0.4, 0.5) is 13.2 Å². The molecule has 1 fully saturated rings. The Morgan fingerprint density at radius 2 is 1.73 bits per heavy atom. The van der Waals surface area contributed by atoms with Gasteiger partial charge in [0.05, 0.1) is 6.42 Å². The zero-order valence-corrected chi connectivity index (χ0v) is 9.11. The van der Waals surface area contributed by atoms with Crippen LogP contribution in [0.15, 0.2) is 0 Å². The molecular weight excluding hydrogens is 205 g/mol. The maximum absolute atomic E-state index is 12.2. The summed E-state index contributed by atoms with van der Waals surface area (Å²) in [7, 11) is 0. The molecule has 0 saturated carbocycles. The van der Waals surface area contributed by atoms with E-state index in [1.807, 2.05) is 4.90 Å². The first-order valence-electron chi connectivity index (χ1n) is 5.50. The molecule has 1 atom stereocenters. The second kappa shape index (κ2) is 5.70. The summed E-state index contributed by atoms with van der Waals surface area (Å²) in [5.74, 6) is 0. The Bertz CT molecular complexity index is 174. The van der Waals surface area contributed by atoms with Gasteiger partial charge in [0.2, 0.25) is 0 Å². The van der Waals surface area contributed by atoms with Gasteiger partial charge in [-0.1, -0.05) is 0 Å². The van der Waals surface area contributed by atoms with Crippen molar-refractivity contribution < 1.29 is 13.2 Å². The van der Waals surface area contributed by atoms with Gasteiger partial charge in [-0.3, -0.25) is 0 Å². The molecule has 1 heterocycles. The SMILES string of the molecule is CC(CC(F)(F)F)N1CCCNCCC1. The second-order valence-electron chi connectivity index (χ2n) is 4.16. The van der Waals surface area contributed by atoms with E-state index >= 15 is 0 Å². The molecule has 0 aromatic heterocycles. The molecule has 0 bridgehead atoms. The molecule has 0 aromatic carbocycles. The summed E-state index contributed by atoms with van der Waals surface area (Å²) < 4.78 is 36.6. The predicted octanol–water partition coefficient (Wildman–Crippen LogP) is 2.01. The Kier molecular flexibility index (Phi) is 4.86. The van der Waals surface area contributed by atoms with Gasteiger partial charge in [-0.05, 0) is 45.9 Å². The van der Waals surface area contributed by atoms with Crippen LogP contribution in [0, 0.1) is 0 Å². The molecule has 1 aliphatic heterocycles. The van der Waals surface area contributed by atoms with Gasteiger partial charge < -0.3 is 10.2 Å². The van der Waals surface area contributed by atoms with E-state index in [-0.39, 0.29) is 6.04 Å². The Hall–Kier alpha value is -0.290. The Morgan fingerprint density at radius 1 is 1.20 bits per heavy atom. The van der Waals surface area contributed by atoms with Gasteiger partial charge in [-0.2, -0.15) is 13.2 Å². The minimum Gasteiger partial charge on any atom is -0.317 e. The van der Waals surface area contributed by atoms with Crippen LogP contribution in [0.3, 0.4) is 0 Å². The number of rotatable bonds is 2. The maximum Gasteiger partial charge on any atom is 0.390 e. The van der Waals surface area contributed by atoms with Crippen molar-refractivity contribution in [2.24, 2.45) is 0 Å². The molecular formula is C10H19F3N2. The standard InChI is InChI=1S/C10H19F3N2/c1-9(8-10(11,12)13)15-6-2-4-14-5-3-7-15/h9,14H,2-8H2,1H3. The minimum absolute atomic E-state index is 0.386. The number of nitrogens with one attached hydrogen (secondary N) is 1. The number of hydrogen-bond acceptors (Lipinski definition) is 2. The lowest BCUT2D eigenvalue weighted by molar-refractivity contribution is -0.146. The monoisotopic (exact) mass is 224 g/mol. The quantitative estimate of drug-likeness (QED) is 0.772. The molecule has 15 heavy (non-hydrogen) atoms. The summed E-state index contributed by atoms with van der Waals surface area (Å²) in [6, 6.07) is -0.386. The number of halogens is 3. The van der Waals surface area contributed by atoms with E-state index < -0.39 is 12.6 Å². The van der Waals surface area contributed by atoms with Crippen LogP contribution in [0.1, 0.15) is 26.2 Å². The summed E-state index contributed by atoms with van der Waals surface area (Å²) in [6.07, 6.45) is -2.87. The number of nitrogens with zero attached hydrogens (tertiary/aromatic N) is 1. The van der Waals surface area contributed by atoms with Crippen molar-refractivity contribution in [3.63, 3.8) is 0 Å². The average molecular weight is 224 g/mol. The summed E-state index contributed by atoms with van der Waals surface area (Å²) in [5, 5.41) is 3.25. The molecule has 0 spiro atoms. The zero-order chi connectivity index (χ0) is 11.3. The summed E-state index contributed by atoms with van der Waals surface area (Å²) >= 11 is 0. The Labute approximate surface area is 88.8 Å². The van der Waals surface area contributed by atoms with Gasteiger partial charge in [-0.25, -0.2) is 0 Å². The minimum atomic E-state index is -4.04. The fourth-order valence-corrected chi connectivity index (χ4v) is 1.96. The van der Waals surface area contributed by atoms with Crippen LogP contribution < -0.4 is 5.32 Å². The third-order valence-corrected chi connectivity index (χ3v) is 2.75. The van der Waals surface area contributed by atoms with Crippen LogP contribution in [0.25, 0.3) is 0 Å². The van der Waals surface area contributed by atoms with Gasteiger partial charge in [-0.15, -0.1) is 0 Å². The van der Waals surface area contributed by atoms with Gasteiger partial charge in [0.1, 0.15) is 0 Å². The smallest absolute Gasteiger partial charge is 0.317 e. The lowest BCUT2D eigenvalue weighted by atomic mass is 10.1. The number of alkyl halides is 3. The predicted molar refractivity (Wildman–Crippen MR) is 53.8 cm³/mol. The number of hydrogen-bond donors (Lipinski definition) is 1. The topological polar surface area (TPSA) is 15.3 Å². The average Bonchev–Trinajstić information content (AvgIpc) is 1.98. The van der Waals surface area contributed by atoms with Crippen molar-refractivity contribution in [1.82, 2.24) is 10.2 Å². The largest absolute Gasteiger partial charge is 0.390 e. The third-order valence-electron chi connectivity index (χ3n) is 2.75. The lowest BCUT2D eigenvalue weighted by Gasteiger charge is -2.31. The molecule has 1 N–H and O–H groups in total. The highest BCUT2D eigenvalue weighted by atomic mass is 19.4. The maximum atomic E-state index is 12.2. The molecule has 0 radical (unpaired) electrons. The van der Waals surface area contributed by atoms with E-state index in [2.05, 4.69) is 5.32 Å². The van der Waals surface area contributed by atoms with Gasteiger partial charge >= 0.3 is 6.18 Å². The summed E-state index contributed by atoms with van der Waals surface area (Å²) in [4.78, 5) is 1.95. The highest BCUT2D eigenvalue weighted by Gasteiger charge is 2.32. The molecule has 0 aromatic rings. The van der Waals surface area contributed by atoms with Crippen molar-refractivity contribution in [3.05, 3.63) is 0 Å². The van der Waals surface area contributed by atoms with E-state index in [0.717, 1.165) is 39.0 Å². The molecule has 1 aliphatic rings. The summed E-state index contributed by atoms with van der Waals surface area (Å²) in [6.45, 7) is 5.03. The normalized spacial score (nSPS) is 23.2. The van der Waals surface area contributed by atoms with E-state index in [4.69, 9.17) is 0 Å². The molecule has 0 aliphatic carbocycles. The fraction of sp³-hybridized carbons (Fsp3) is 1.00. The van der Waals surface area contributed by atoms with Crippen molar-refractivity contribution in [2.45, 2.75) is 38.4 Å². The Morgan fingerprint density at radius 3 is 2.20 bits per heavy atom. The first-order valence-corrected chi connectivity index (χ1v) is 5.50. The fourth-order valence-electron chi connectivity index (χ4n) is 1.96. The highest BCUT2D eigenvalue weighted by molar-refractivity contribution is 4.73. The van der Waals surface area contributed by atoms with E-state index in [1.54, 1.807) is 6.92 Å². The van der Waals surface area contributed by atoms with Crippen molar-refractivity contribution >= 4 is 0 Å². The van der Waals surface area contributed by atoms with Crippen LogP contribution in [0.2, 0.25) is 0 Å². The lowest BCUT2D eigenvalue weighted by Crippen LogP contribution is -2.41. The third kappa shape index (κ3) is 5.37. The van der Waals surface area contributed by atoms with E-state index in [1.165, 1.54) is 0 Å². The van der Waals surface area contributed by atoms with Gasteiger partial charge in [0.25, 0.3) is 0 Å². The molecule has 90 valence electrons. The van der Waals surface area contributed by atoms with Crippen molar-refractivity contribution in [3.8, 4) is 0 Å². The first-order chi connectivity index (χ1) is 6.99. The molecule has 5 heteroatoms. The van der Waals surface area contributed by atoms with Crippen LogP contribution >= 0.6 is 0 Å². The second-order valence-corrected chi connectivity index (χ2v) is 4.16. The first kappa shape index (κ1) is 12.8. The molecule has 1 unspecified atom stereocenters. The highest BCUT2D eigenvalue weighted by Crippen LogP contribution is 2.24. The van der Waals surface area contributed by atoms with Crippen LogP contribution in [-0.2, 0) is 0 Å². The van der Waals surface area contributed by atoms with Crippen molar-refractivity contribution in [2.75, 3.05) is 26.2 Å². The molecule has 1 saturated heterocycles. The zero-order valence-electron chi connectivity index (χ0n) is 9.11. The van der Waals surface area contributed by atoms with Gasteiger partial charge in [0, 0.05) is 6.04 Å². The van der Waals surface area contributed by atoms with Gasteiger partial charge in [0.15, 0.2) is 0 Å².